The highest BCUT2D eigenvalue weighted by molar-refractivity contribution is 7.13. The summed E-state index contributed by atoms with van der Waals surface area (Å²) < 4.78 is 0. The SMILES string of the molecule is Nc1nc(-c2ccc(NC(=O)CN(Cc3cscn3)C(=O)c3ccncc3)cc2)cs1. The van der Waals surface area contributed by atoms with Crippen LogP contribution in [0.5, 0.6) is 0 Å². The molecule has 0 unspecified atom stereocenters. The van der Waals surface area contributed by atoms with Gasteiger partial charge in [0, 0.05) is 40.0 Å². The van der Waals surface area contributed by atoms with E-state index >= 15 is 0 Å². The number of carbonyl (C=O) groups is 2. The standard InChI is InChI=1S/C21H18N6O2S2/c22-21-26-18(12-31-21)14-1-3-16(4-2-14)25-19(28)10-27(9-17-11-30-13-24-17)20(29)15-5-7-23-8-6-15/h1-8,11-13H,9-10H2,(H2,22,26)(H,25,28). The number of anilines is 2. The van der Waals surface area contributed by atoms with Gasteiger partial charge in [-0.25, -0.2) is 9.97 Å². The third-order valence-electron chi connectivity index (χ3n) is 4.37. The van der Waals surface area contributed by atoms with Crippen LogP contribution in [-0.2, 0) is 11.3 Å². The number of hydrogen-bond donors (Lipinski definition) is 2. The van der Waals surface area contributed by atoms with Crippen LogP contribution in [0.3, 0.4) is 0 Å². The maximum atomic E-state index is 12.9. The Bertz CT molecular complexity index is 1160. The number of pyridine rings is 1. The maximum absolute atomic E-state index is 12.9. The summed E-state index contributed by atoms with van der Waals surface area (Å²) in [6, 6.07) is 10.5. The molecule has 10 heteroatoms. The number of nitrogen functional groups attached to an aromatic ring is 1. The highest BCUT2D eigenvalue weighted by Crippen LogP contribution is 2.24. The van der Waals surface area contributed by atoms with Crippen LogP contribution in [0.1, 0.15) is 16.1 Å². The number of aromatic nitrogens is 3. The highest BCUT2D eigenvalue weighted by atomic mass is 32.1. The van der Waals surface area contributed by atoms with Crippen LogP contribution in [0, 0.1) is 0 Å². The first-order chi connectivity index (χ1) is 15.1. The second-order valence-electron chi connectivity index (χ2n) is 6.57. The minimum Gasteiger partial charge on any atom is -0.375 e. The van der Waals surface area contributed by atoms with Gasteiger partial charge in [-0.15, -0.1) is 22.7 Å². The van der Waals surface area contributed by atoms with Gasteiger partial charge in [0.05, 0.1) is 23.4 Å². The van der Waals surface area contributed by atoms with Crippen LogP contribution in [-0.4, -0.2) is 38.2 Å². The van der Waals surface area contributed by atoms with Gasteiger partial charge in [-0.2, -0.15) is 0 Å². The van der Waals surface area contributed by atoms with Crippen molar-refractivity contribution in [1.29, 1.82) is 0 Å². The van der Waals surface area contributed by atoms with E-state index in [-0.39, 0.29) is 24.9 Å². The van der Waals surface area contributed by atoms with Gasteiger partial charge >= 0.3 is 0 Å². The third kappa shape index (κ3) is 5.30. The molecule has 0 saturated carbocycles. The molecule has 3 heterocycles. The highest BCUT2D eigenvalue weighted by Gasteiger charge is 2.20. The number of rotatable bonds is 7. The summed E-state index contributed by atoms with van der Waals surface area (Å²) in [5.74, 6) is -0.565. The zero-order valence-electron chi connectivity index (χ0n) is 16.3. The first-order valence-electron chi connectivity index (χ1n) is 9.26. The molecule has 0 aliphatic rings. The van der Waals surface area contributed by atoms with Crippen LogP contribution in [0.25, 0.3) is 11.3 Å². The molecular formula is C21H18N6O2S2. The lowest BCUT2D eigenvalue weighted by Crippen LogP contribution is -2.37. The first-order valence-corrected chi connectivity index (χ1v) is 11.1. The summed E-state index contributed by atoms with van der Waals surface area (Å²) in [5, 5.41) is 7.08. The third-order valence-corrected chi connectivity index (χ3v) is 5.68. The summed E-state index contributed by atoms with van der Waals surface area (Å²) in [4.78, 5) is 39.5. The molecule has 0 saturated heterocycles. The molecule has 31 heavy (non-hydrogen) atoms. The largest absolute Gasteiger partial charge is 0.375 e. The quantitative estimate of drug-likeness (QED) is 0.445. The number of hydrogen-bond acceptors (Lipinski definition) is 8. The van der Waals surface area contributed by atoms with Gasteiger partial charge in [0.1, 0.15) is 6.54 Å². The van der Waals surface area contributed by atoms with Crippen molar-refractivity contribution in [2.24, 2.45) is 0 Å². The van der Waals surface area contributed by atoms with Crippen molar-refractivity contribution in [3.63, 3.8) is 0 Å². The zero-order valence-corrected chi connectivity index (χ0v) is 17.9. The van der Waals surface area contributed by atoms with Gasteiger partial charge in [0.25, 0.3) is 5.91 Å². The summed E-state index contributed by atoms with van der Waals surface area (Å²) >= 11 is 2.81. The maximum Gasteiger partial charge on any atom is 0.254 e. The Balaban J connectivity index is 1.45. The predicted octanol–water partition coefficient (Wildman–Crippen LogP) is 3.52. The average Bonchev–Trinajstić information content (AvgIpc) is 3.46. The number of benzene rings is 1. The molecule has 0 aliphatic carbocycles. The monoisotopic (exact) mass is 450 g/mol. The van der Waals surface area contributed by atoms with Crippen molar-refractivity contribution in [1.82, 2.24) is 19.9 Å². The van der Waals surface area contributed by atoms with Crippen molar-refractivity contribution in [3.05, 3.63) is 76.3 Å². The predicted molar refractivity (Wildman–Crippen MR) is 122 cm³/mol. The van der Waals surface area contributed by atoms with Crippen LogP contribution in [0.15, 0.2) is 65.1 Å². The van der Waals surface area contributed by atoms with E-state index in [0.29, 0.717) is 16.4 Å². The Hall–Kier alpha value is -3.63. The van der Waals surface area contributed by atoms with Crippen molar-refractivity contribution in [2.75, 3.05) is 17.6 Å². The van der Waals surface area contributed by atoms with Crippen LogP contribution in [0.2, 0.25) is 0 Å². The van der Waals surface area contributed by atoms with Gasteiger partial charge in [0.15, 0.2) is 5.13 Å². The molecule has 4 rings (SSSR count). The second kappa shape index (κ2) is 9.45. The van der Waals surface area contributed by atoms with Crippen LogP contribution >= 0.6 is 22.7 Å². The van der Waals surface area contributed by atoms with Gasteiger partial charge < -0.3 is 16.0 Å². The number of carbonyl (C=O) groups excluding carboxylic acids is 2. The van der Waals surface area contributed by atoms with E-state index in [9.17, 15) is 9.59 Å². The van der Waals surface area contributed by atoms with Gasteiger partial charge in [0.2, 0.25) is 5.91 Å². The van der Waals surface area contributed by atoms with Gasteiger partial charge in [-0.1, -0.05) is 12.1 Å². The molecule has 1 aromatic carbocycles. The molecule has 0 fully saturated rings. The minimum atomic E-state index is -0.303. The summed E-state index contributed by atoms with van der Waals surface area (Å²) in [7, 11) is 0. The van der Waals surface area contributed by atoms with Crippen molar-refractivity contribution < 1.29 is 9.59 Å². The van der Waals surface area contributed by atoms with Crippen molar-refractivity contribution in [3.8, 4) is 11.3 Å². The lowest BCUT2D eigenvalue weighted by atomic mass is 10.1. The Morgan fingerprint density at radius 2 is 1.84 bits per heavy atom. The number of nitrogens with zero attached hydrogens (tertiary/aromatic N) is 4. The molecule has 0 aliphatic heterocycles. The lowest BCUT2D eigenvalue weighted by molar-refractivity contribution is -0.117. The Kier molecular flexibility index (Phi) is 6.29. The molecule has 2 amide bonds. The van der Waals surface area contributed by atoms with Crippen molar-refractivity contribution in [2.45, 2.75) is 6.54 Å². The molecule has 156 valence electrons. The molecule has 0 radical (unpaired) electrons. The van der Waals surface area contributed by atoms with E-state index in [1.165, 1.54) is 27.6 Å². The first kappa shape index (κ1) is 20.6. The molecule has 3 N–H and O–H groups in total. The zero-order chi connectivity index (χ0) is 21.6. The van der Waals surface area contributed by atoms with E-state index in [2.05, 4.69) is 20.3 Å². The Morgan fingerprint density at radius 1 is 1.06 bits per heavy atom. The van der Waals surface area contributed by atoms with E-state index in [4.69, 9.17) is 5.73 Å². The topological polar surface area (TPSA) is 114 Å². The smallest absolute Gasteiger partial charge is 0.254 e. The van der Waals surface area contributed by atoms with E-state index in [0.717, 1.165) is 17.0 Å². The van der Waals surface area contributed by atoms with Crippen molar-refractivity contribution >= 4 is 45.3 Å². The van der Waals surface area contributed by atoms with Gasteiger partial charge in [-0.3, -0.25) is 14.6 Å². The van der Waals surface area contributed by atoms with E-state index in [1.54, 1.807) is 42.2 Å². The molecule has 3 aromatic heterocycles. The molecule has 0 spiro atoms. The normalized spacial score (nSPS) is 10.6. The van der Waals surface area contributed by atoms with Crippen LogP contribution in [0.4, 0.5) is 10.8 Å². The Labute approximate surface area is 186 Å². The summed E-state index contributed by atoms with van der Waals surface area (Å²) in [6.45, 7) is 0.130. The van der Waals surface area contributed by atoms with E-state index < -0.39 is 0 Å². The lowest BCUT2D eigenvalue weighted by Gasteiger charge is -2.21. The number of nitrogens with two attached hydrogens (primary N) is 1. The Morgan fingerprint density at radius 3 is 2.48 bits per heavy atom. The molecule has 0 bridgehead atoms. The molecule has 4 aromatic rings. The number of nitrogens with one attached hydrogen (secondary N) is 1. The fraction of sp³-hybridized carbons (Fsp3) is 0.0952. The molecule has 0 atom stereocenters. The fourth-order valence-corrected chi connectivity index (χ4v) is 4.03. The van der Waals surface area contributed by atoms with E-state index in [1.807, 2.05) is 22.9 Å². The minimum absolute atomic E-state index is 0.108. The average molecular weight is 451 g/mol. The van der Waals surface area contributed by atoms with Gasteiger partial charge in [-0.05, 0) is 24.3 Å². The summed E-state index contributed by atoms with van der Waals surface area (Å²) in [6.07, 6.45) is 3.09. The second-order valence-corrected chi connectivity index (χ2v) is 8.18. The fourth-order valence-electron chi connectivity index (χ4n) is 2.91. The number of amides is 2. The molecule has 8 nitrogen and oxygen atoms in total. The summed E-state index contributed by atoms with van der Waals surface area (Å²) in [5.41, 5.74) is 10.9. The van der Waals surface area contributed by atoms with Crippen LogP contribution < -0.4 is 11.1 Å². The number of thiazole rings is 2. The molecular weight excluding hydrogens is 432 g/mol.